The third-order valence-electron chi connectivity index (χ3n) is 7.02. The van der Waals surface area contributed by atoms with Gasteiger partial charge in [-0.3, -0.25) is 4.79 Å². The number of phenols is 1. The minimum Gasteiger partial charge on any atom is -0.508 e. The van der Waals surface area contributed by atoms with Gasteiger partial charge in [-0.05, 0) is 85.0 Å². The molecule has 0 aliphatic heterocycles. The number of aromatic hydroxyl groups is 1. The maximum atomic E-state index is 11.9. The normalized spacial score (nSPS) is 38.5. The van der Waals surface area contributed by atoms with Gasteiger partial charge in [0, 0.05) is 5.56 Å². The number of hydrogen-bond donors (Lipinski definition) is 3. The van der Waals surface area contributed by atoms with Gasteiger partial charge in [0.15, 0.2) is 0 Å². The summed E-state index contributed by atoms with van der Waals surface area (Å²) in [5.41, 5.74) is 8.28. The molecular formula is C19H25NO3. The summed E-state index contributed by atoms with van der Waals surface area (Å²) >= 11 is 0. The van der Waals surface area contributed by atoms with Gasteiger partial charge in [-0.25, -0.2) is 0 Å². The van der Waals surface area contributed by atoms with Gasteiger partial charge < -0.3 is 15.9 Å². The molecule has 3 aliphatic carbocycles. The summed E-state index contributed by atoms with van der Waals surface area (Å²) in [5, 5.41) is 20.3. The smallest absolute Gasteiger partial charge is 0.249 e. The molecule has 4 rings (SSSR count). The lowest BCUT2D eigenvalue weighted by atomic mass is 9.55. The van der Waals surface area contributed by atoms with Crippen LogP contribution in [-0.2, 0) is 6.42 Å². The molecule has 2 fully saturated rings. The Morgan fingerprint density at radius 2 is 2.04 bits per heavy atom. The summed E-state index contributed by atoms with van der Waals surface area (Å²) in [5.74, 6) is 1.07. The Labute approximate surface area is 136 Å². The van der Waals surface area contributed by atoms with Gasteiger partial charge in [0.05, 0.1) is 6.10 Å². The van der Waals surface area contributed by atoms with Crippen LogP contribution in [0.1, 0.15) is 66.4 Å². The molecule has 0 unspecified atom stereocenters. The minimum atomic E-state index is -0.447. The monoisotopic (exact) mass is 315 g/mol. The number of amides is 1. The molecule has 0 bridgehead atoms. The fraction of sp³-hybridized carbons (Fsp3) is 0.632. The lowest BCUT2D eigenvalue weighted by molar-refractivity contribution is -0.0227. The van der Waals surface area contributed by atoms with Crippen molar-refractivity contribution in [1.29, 1.82) is 0 Å². The first kappa shape index (κ1) is 15.0. The molecule has 1 amide bonds. The second kappa shape index (κ2) is 4.97. The third-order valence-corrected chi connectivity index (χ3v) is 7.02. The van der Waals surface area contributed by atoms with Crippen molar-refractivity contribution in [2.24, 2.45) is 23.0 Å². The summed E-state index contributed by atoms with van der Waals surface area (Å²) in [6.07, 6.45) is 5.74. The van der Waals surface area contributed by atoms with Crippen molar-refractivity contribution < 1.29 is 15.0 Å². The Morgan fingerprint density at radius 1 is 1.26 bits per heavy atom. The highest BCUT2D eigenvalue weighted by atomic mass is 16.3. The van der Waals surface area contributed by atoms with Crippen LogP contribution < -0.4 is 5.73 Å². The van der Waals surface area contributed by atoms with E-state index in [1.54, 1.807) is 6.07 Å². The van der Waals surface area contributed by atoms with Crippen LogP contribution in [0.5, 0.6) is 5.75 Å². The van der Waals surface area contributed by atoms with E-state index in [-0.39, 0.29) is 17.3 Å². The maximum Gasteiger partial charge on any atom is 0.249 e. The van der Waals surface area contributed by atoms with Crippen LogP contribution in [0.2, 0.25) is 0 Å². The van der Waals surface area contributed by atoms with Crippen molar-refractivity contribution in [3.05, 3.63) is 28.8 Å². The van der Waals surface area contributed by atoms with E-state index in [0.29, 0.717) is 23.3 Å². The minimum absolute atomic E-state index is 0.0302. The van der Waals surface area contributed by atoms with E-state index < -0.39 is 5.91 Å². The predicted molar refractivity (Wildman–Crippen MR) is 87.2 cm³/mol. The number of hydrogen-bond acceptors (Lipinski definition) is 3. The van der Waals surface area contributed by atoms with Crippen molar-refractivity contribution >= 4 is 5.91 Å². The number of carbonyl (C=O) groups is 1. The molecule has 124 valence electrons. The van der Waals surface area contributed by atoms with Gasteiger partial charge in [0.25, 0.3) is 0 Å². The Hall–Kier alpha value is -1.55. The zero-order valence-electron chi connectivity index (χ0n) is 13.6. The lowest BCUT2D eigenvalue weighted by Crippen LogP contribution is -2.44. The molecule has 0 saturated heterocycles. The van der Waals surface area contributed by atoms with Gasteiger partial charge in [-0.1, -0.05) is 6.92 Å². The molecule has 4 heteroatoms. The number of nitrogens with two attached hydrogens (primary N) is 1. The molecule has 3 aliphatic rings. The number of benzene rings is 1. The zero-order chi connectivity index (χ0) is 16.4. The molecule has 0 aromatic heterocycles. The van der Waals surface area contributed by atoms with E-state index >= 15 is 0 Å². The highest BCUT2D eigenvalue weighted by molar-refractivity contribution is 5.95. The average molecular weight is 315 g/mol. The van der Waals surface area contributed by atoms with Crippen LogP contribution in [-0.4, -0.2) is 22.2 Å². The Bertz CT molecular complexity index is 671. The first-order chi connectivity index (χ1) is 10.9. The number of carbonyl (C=O) groups excluding carboxylic acids is 1. The Balaban J connectivity index is 1.79. The quantitative estimate of drug-likeness (QED) is 0.745. The van der Waals surface area contributed by atoms with Crippen LogP contribution in [0.3, 0.4) is 0 Å². The molecule has 5 atom stereocenters. The third kappa shape index (κ3) is 2.04. The zero-order valence-corrected chi connectivity index (χ0v) is 13.6. The van der Waals surface area contributed by atoms with Crippen LogP contribution in [0, 0.1) is 17.3 Å². The number of aryl methyl sites for hydroxylation is 1. The van der Waals surface area contributed by atoms with Crippen LogP contribution in [0.25, 0.3) is 0 Å². The summed E-state index contributed by atoms with van der Waals surface area (Å²) in [4.78, 5) is 11.9. The summed E-state index contributed by atoms with van der Waals surface area (Å²) in [6, 6.07) is 3.33. The lowest BCUT2D eigenvalue weighted by Gasteiger charge is -2.50. The van der Waals surface area contributed by atoms with E-state index in [9.17, 15) is 15.0 Å². The van der Waals surface area contributed by atoms with E-state index in [0.717, 1.165) is 49.7 Å². The summed E-state index contributed by atoms with van der Waals surface area (Å²) in [7, 11) is 0. The molecule has 1 aromatic carbocycles. The molecular weight excluding hydrogens is 290 g/mol. The van der Waals surface area contributed by atoms with E-state index in [2.05, 4.69) is 6.92 Å². The standard InChI is InChI=1S/C19H25NO3/c1-19-7-6-13-12(15(19)4-5-16(19)22)3-2-10-8-11(21)9-14(17(10)13)18(20)23/h8-9,12-13,15-16,21-22H,2-7H2,1H3,(H2,20,23)/t12-,13+,15+,16-,19+/m1/s1. The second-order valence-electron chi connectivity index (χ2n) is 7.98. The van der Waals surface area contributed by atoms with Crippen molar-refractivity contribution in [2.75, 3.05) is 0 Å². The van der Waals surface area contributed by atoms with E-state index in [1.165, 1.54) is 6.07 Å². The van der Waals surface area contributed by atoms with Crippen molar-refractivity contribution in [1.82, 2.24) is 0 Å². The van der Waals surface area contributed by atoms with Gasteiger partial charge in [-0.2, -0.15) is 0 Å². The topological polar surface area (TPSA) is 83.5 Å². The maximum absolute atomic E-state index is 11.9. The highest BCUT2D eigenvalue weighted by Gasteiger charge is 2.54. The molecule has 4 N–H and O–H groups in total. The fourth-order valence-corrected chi connectivity index (χ4v) is 5.89. The molecule has 0 radical (unpaired) electrons. The second-order valence-corrected chi connectivity index (χ2v) is 7.98. The summed E-state index contributed by atoms with van der Waals surface area (Å²) in [6.45, 7) is 2.24. The highest BCUT2D eigenvalue weighted by Crippen LogP contribution is 2.61. The van der Waals surface area contributed by atoms with Crippen molar-refractivity contribution in [3.63, 3.8) is 0 Å². The summed E-state index contributed by atoms with van der Waals surface area (Å²) < 4.78 is 0. The van der Waals surface area contributed by atoms with E-state index in [1.807, 2.05) is 0 Å². The van der Waals surface area contributed by atoms with Crippen molar-refractivity contribution in [2.45, 2.75) is 57.5 Å². The molecule has 1 aromatic rings. The van der Waals surface area contributed by atoms with Gasteiger partial charge in [-0.15, -0.1) is 0 Å². The largest absolute Gasteiger partial charge is 0.508 e. The molecule has 0 spiro atoms. The Morgan fingerprint density at radius 3 is 2.78 bits per heavy atom. The molecule has 23 heavy (non-hydrogen) atoms. The van der Waals surface area contributed by atoms with Gasteiger partial charge in [0.1, 0.15) is 5.75 Å². The number of fused-ring (bicyclic) bond motifs is 5. The first-order valence-corrected chi connectivity index (χ1v) is 8.75. The van der Waals surface area contributed by atoms with E-state index in [4.69, 9.17) is 5.73 Å². The van der Waals surface area contributed by atoms with Gasteiger partial charge in [0.2, 0.25) is 5.91 Å². The van der Waals surface area contributed by atoms with Crippen LogP contribution in [0.15, 0.2) is 12.1 Å². The van der Waals surface area contributed by atoms with Crippen molar-refractivity contribution in [3.8, 4) is 5.75 Å². The number of aliphatic hydroxyl groups excluding tert-OH is 1. The predicted octanol–water partition coefficient (Wildman–Crippen LogP) is 2.71. The number of phenolic OH excluding ortho intramolecular Hbond substituents is 1. The molecule has 4 nitrogen and oxygen atoms in total. The number of primary amides is 1. The Kier molecular flexibility index (Phi) is 3.24. The molecule has 0 heterocycles. The first-order valence-electron chi connectivity index (χ1n) is 8.75. The van der Waals surface area contributed by atoms with Crippen LogP contribution >= 0.6 is 0 Å². The van der Waals surface area contributed by atoms with Gasteiger partial charge >= 0.3 is 0 Å². The fourth-order valence-electron chi connectivity index (χ4n) is 5.89. The molecule has 2 saturated carbocycles. The van der Waals surface area contributed by atoms with Crippen LogP contribution in [0.4, 0.5) is 0 Å². The average Bonchev–Trinajstić information content (AvgIpc) is 2.81. The number of rotatable bonds is 1. The number of aliphatic hydroxyl groups is 1. The SMILES string of the molecule is C[C@]12CC[C@@H]3c4c(cc(O)cc4C(N)=O)CC[C@H]3[C@@H]1CC[C@H]2O.